The van der Waals surface area contributed by atoms with Crippen molar-refractivity contribution in [3.8, 4) is 0 Å². The molecule has 1 unspecified atom stereocenters. The summed E-state index contributed by atoms with van der Waals surface area (Å²) in [5, 5.41) is 11.6. The van der Waals surface area contributed by atoms with E-state index in [1.165, 1.54) is 12.3 Å². The van der Waals surface area contributed by atoms with Crippen LogP contribution in [0.1, 0.15) is 16.9 Å². The molecule has 7 heteroatoms. The summed E-state index contributed by atoms with van der Waals surface area (Å²) in [4.78, 5) is 28.4. The van der Waals surface area contributed by atoms with Crippen molar-refractivity contribution in [1.29, 1.82) is 0 Å². The van der Waals surface area contributed by atoms with Crippen molar-refractivity contribution >= 4 is 17.7 Å². The summed E-state index contributed by atoms with van der Waals surface area (Å²) in [6.45, 7) is 1.79. The van der Waals surface area contributed by atoms with E-state index < -0.39 is 5.97 Å². The van der Waals surface area contributed by atoms with Crippen molar-refractivity contribution in [2.45, 2.75) is 6.42 Å². The molecule has 2 heterocycles. The third-order valence-electron chi connectivity index (χ3n) is 3.16. The van der Waals surface area contributed by atoms with Crippen LogP contribution in [-0.2, 0) is 0 Å². The Bertz CT molecular complexity index is 492. The molecule has 1 atom stereocenters. The molecule has 1 aromatic rings. The van der Waals surface area contributed by atoms with Crippen LogP contribution in [0.2, 0.25) is 0 Å². The third-order valence-corrected chi connectivity index (χ3v) is 3.16. The van der Waals surface area contributed by atoms with Crippen LogP contribution in [0.5, 0.6) is 0 Å². The van der Waals surface area contributed by atoms with Crippen molar-refractivity contribution in [3.63, 3.8) is 0 Å². The van der Waals surface area contributed by atoms with Crippen LogP contribution in [0.3, 0.4) is 0 Å². The van der Waals surface area contributed by atoms with Gasteiger partial charge in [0.25, 0.3) is 0 Å². The summed E-state index contributed by atoms with van der Waals surface area (Å²) in [6, 6.07) is 2.78. The number of nitrogens with two attached hydrogens (primary N) is 1. The number of pyridine rings is 1. The number of carbonyl (C=O) groups is 2. The minimum absolute atomic E-state index is 0.162. The summed E-state index contributed by atoms with van der Waals surface area (Å²) in [5.41, 5.74) is 5.61. The predicted molar refractivity (Wildman–Crippen MR) is 68.9 cm³/mol. The second kappa shape index (κ2) is 5.66. The van der Waals surface area contributed by atoms with E-state index in [-0.39, 0.29) is 17.4 Å². The summed E-state index contributed by atoms with van der Waals surface area (Å²) in [6.07, 6.45) is 2.25. The van der Waals surface area contributed by atoms with Crippen LogP contribution in [0.15, 0.2) is 18.3 Å². The van der Waals surface area contributed by atoms with Crippen LogP contribution in [0.4, 0.5) is 10.5 Å². The zero-order valence-electron chi connectivity index (χ0n) is 10.4. The summed E-state index contributed by atoms with van der Waals surface area (Å²) in [7, 11) is 0. The van der Waals surface area contributed by atoms with Crippen LogP contribution >= 0.6 is 0 Å². The monoisotopic (exact) mass is 264 g/mol. The minimum atomic E-state index is -1.17. The first-order valence-corrected chi connectivity index (χ1v) is 6.06. The zero-order chi connectivity index (χ0) is 13.8. The average molecular weight is 264 g/mol. The lowest BCUT2D eigenvalue weighted by Gasteiger charge is -2.17. The van der Waals surface area contributed by atoms with E-state index in [1.54, 1.807) is 11.0 Å². The maximum absolute atomic E-state index is 12.0. The Hall–Kier alpha value is -2.15. The standard InChI is InChI=1S/C12H16N4O3/c13-6-8-3-5-16(7-8)12(19)15-9-2-1-4-14-10(9)11(17)18/h1-2,4,8H,3,5-7,13H2,(H,15,19)(H,17,18). The number of amides is 2. The molecule has 0 aliphatic carbocycles. The molecule has 0 saturated carbocycles. The van der Waals surface area contributed by atoms with Crippen LogP contribution < -0.4 is 11.1 Å². The van der Waals surface area contributed by atoms with Gasteiger partial charge < -0.3 is 21.1 Å². The maximum atomic E-state index is 12.0. The lowest BCUT2D eigenvalue weighted by atomic mass is 10.1. The van der Waals surface area contributed by atoms with Gasteiger partial charge in [0.05, 0.1) is 5.69 Å². The molecule has 0 radical (unpaired) electrons. The molecule has 2 amide bonds. The lowest BCUT2D eigenvalue weighted by molar-refractivity contribution is 0.0691. The van der Waals surface area contributed by atoms with Gasteiger partial charge in [-0.2, -0.15) is 0 Å². The number of urea groups is 1. The smallest absolute Gasteiger partial charge is 0.356 e. The Morgan fingerprint density at radius 1 is 1.58 bits per heavy atom. The highest BCUT2D eigenvalue weighted by molar-refractivity contribution is 5.98. The molecule has 1 fully saturated rings. The highest BCUT2D eigenvalue weighted by Crippen LogP contribution is 2.18. The molecule has 102 valence electrons. The van der Waals surface area contributed by atoms with Crippen LogP contribution in [0, 0.1) is 5.92 Å². The zero-order valence-corrected chi connectivity index (χ0v) is 10.4. The molecule has 7 nitrogen and oxygen atoms in total. The van der Waals surface area contributed by atoms with E-state index in [9.17, 15) is 9.59 Å². The molecule has 1 saturated heterocycles. The highest BCUT2D eigenvalue weighted by atomic mass is 16.4. The number of hydrogen-bond acceptors (Lipinski definition) is 4. The van der Waals surface area contributed by atoms with E-state index >= 15 is 0 Å². The van der Waals surface area contributed by atoms with Crippen molar-refractivity contribution in [3.05, 3.63) is 24.0 Å². The van der Waals surface area contributed by atoms with Gasteiger partial charge in [-0.05, 0) is 31.0 Å². The Morgan fingerprint density at radius 3 is 3.00 bits per heavy atom. The van der Waals surface area contributed by atoms with Crippen LogP contribution in [-0.4, -0.2) is 46.6 Å². The van der Waals surface area contributed by atoms with Gasteiger partial charge in [-0.15, -0.1) is 0 Å². The first-order chi connectivity index (χ1) is 9.11. The highest BCUT2D eigenvalue weighted by Gasteiger charge is 2.26. The van der Waals surface area contributed by atoms with E-state index in [2.05, 4.69) is 10.3 Å². The normalized spacial score (nSPS) is 18.4. The van der Waals surface area contributed by atoms with Crippen molar-refractivity contribution in [2.75, 3.05) is 25.0 Å². The SMILES string of the molecule is NCC1CCN(C(=O)Nc2cccnc2C(=O)O)C1. The summed E-state index contributed by atoms with van der Waals surface area (Å²) < 4.78 is 0. The molecule has 1 aliphatic rings. The van der Waals surface area contributed by atoms with Gasteiger partial charge in [0.1, 0.15) is 0 Å². The van der Waals surface area contributed by atoms with E-state index in [1.807, 2.05) is 0 Å². The number of nitrogens with zero attached hydrogens (tertiary/aromatic N) is 2. The number of likely N-dealkylation sites (tertiary alicyclic amines) is 1. The molecule has 0 bridgehead atoms. The molecule has 2 rings (SSSR count). The molecule has 0 aromatic carbocycles. The second-order valence-electron chi connectivity index (χ2n) is 4.47. The second-order valence-corrected chi connectivity index (χ2v) is 4.47. The first kappa shape index (κ1) is 13.3. The molecule has 19 heavy (non-hydrogen) atoms. The molecular formula is C12H16N4O3. The van der Waals surface area contributed by atoms with Gasteiger partial charge in [0.15, 0.2) is 5.69 Å². The van der Waals surface area contributed by atoms with Crippen LogP contribution in [0.25, 0.3) is 0 Å². The molecule has 1 aliphatic heterocycles. The minimum Gasteiger partial charge on any atom is -0.476 e. The number of carbonyl (C=O) groups excluding carboxylic acids is 1. The lowest BCUT2D eigenvalue weighted by Crippen LogP contribution is -2.34. The average Bonchev–Trinajstić information content (AvgIpc) is 2.88. The fraction of sp³-hybridized carbons (Fsp3) is 0.417. The van der Waals surface area contributed by atoms with Crippen molar-refractivity contribution < 1.29 is 14.7 Å². The van der Waals surface area contributed by atoms with Gasteiger partial charge >= 0.3 is 12.0 Å². The number of hydrogen-bond donors (Lipinski definition) is 3. The number of aromatic carboxylic acids is 1. The number of anilines is 1. The number of carboxylic acids is 1. The Balaban J connectivity index is 2.05. The molecular weight excluding hydrogens is 248 g/mol. The Morgan fingerprint density at radius 2 is 2.37 bits per heavy atom. The Kier molecular flexibility index (Phi) is 3.96. The number of rotatable bonds is 3. The van der Waals surface area contributed by atoms with Gasteiger partial charge in [-0.25, -0.2) is 14.6 Å². The van der Waals surface area contributed by atoms with Gasteiger partial charge in [-0.3, -0.25) is 0 Å². The number of nitrogens with one attached hydrogen (secondary N) is 1. The molecule has 1 aromatic heterocycles. The van der Waals surface area contributed by atoms with Crippen molar-refractivity contribution in [2.24, 2.45) is 11.7 Å². The van der Waals surface area contributed by atoms with E-state index in [0.29, 0.717) is 25.6 Å². The molecule has 0 spiro atoms. The number of aromatic nitrogens is 1. The first-order valence-electron chi connectivity index (χ1n) is 6.06. The third kappa shape index (κ3) is 3.00. The largest absolute Gasteiger partial charge is 0.476 e. The van der Waals surface area contributed by atoms with E-state index in [0.717, 1.165) is 6.42 Å². The fourth-order valence-corrected chi connectivity index (χ4v) is 2.08. The Labute approximate surface area is 110 Å². The van der Waals surface area contributed by atoms with E-state index in [4.69, 9.17) is 10.8 Å². The maximum Gasteiger partial charge on any atom is 0.356 e. The quantitative estimate of drug-likeness (QED) is 0.740. The van der Waals surface area contributed by atoms with Gasteiger partial charge in [0, 0.05) is 19.3 Å². The number of carboxylic acid groups (broad SMARTS) is 1. The van der Waals surface area contributed by atoms with Gasteiger partial charge in [-0.1, -0.05) is 0 Å². The fourth-order valence-electron chi connectivity index (χ4n) is 2.08. The van der Waals surface area contributed by atoms with Crippen molar-refractivity contribution in [1.82, 2.24) is 9.88 Å². The van der Waals surface area contributed by atoms with Gasteiger partial charge in [0.2, 0.25) is 0 Å². The summed E-state index contributed by atoms with van der Waals surface area (Å²) >= 11 is 0. The topological polar surface area (TPSA) is 109 Å². The molecule has 4 N–H and O–H groups in total. The predicted octanol–water partition coefficient (Wildman–Crippen LogP) is 0.592. The summed E-state index contributed by atoms with van der Waals surface area (Å²) in [5.74, 6) is -0.851.